The Morgan fingerprint density at radius 2 is 2.00 bits per heavy atom. The van der Waals surface area contributed by atoms with Gasteiger partial charge in [-0.1, -0.05) is 19.1 Å². The number of amides is 1. The van der Waals surface area contributed by atoms with Gasteiger partial charge in [-0.25, -0.2) is 4.79 Å². The summed E-state index contributed by atoms with van der Waals surface area (Å²) < 4.78 is 5.43. The first kappa shape index (κ1) is 16.7. The van der Waals surface area contributed by atoms with Crippen LogP contribution in [0, 0.1) is 0 Å². The highest BCUT2D eigenvalue weighted by atomic mass is 16.5. The number of carboxylic acid groups (broad SMARTS) is 1. The van der Waals surface area contributed by atoms with Gasteiger partial charge in [0, 0.05) is 6.08 Å². The third-order valence-electron chi connectivity index (χ3n) is 2.58. The number of carbonyl (C=O) groups excluding carboxylic acids is 1. The largest absolute Gasteiger partial charge is 0.494 e. The fourth-order valence-corrected chi connectivity index (χ4v) is 1.47. The van der Waals surface area contributed by atoms with Gasteiger partial charge in [-0.05, 0) is 30.2 Å². The molecule has 0 fully saturated rings. The molecule has 3 N–H and O–H groups in total. The fourth-order valence-electron chi connectivity index (χ4n) is 1.47. The molecule has 0 saturated heterocycles. The Morgan fingerprint density at radius 3 is 2.52 bits per heavy atom. The minimum atomic E-state index is -1.30. The van der Waals surface area contributed by atoms with Gasteiger partial charge in [-0.15, -0.1) is 0 Å². The van der Waals surface area contributed by atoms with E-state index in [-0.39, 0.29) is 0 Å². The lowest BCUT2D eigenvalue weighted by Crippen LogP contribution is -2.42. The summed E-state index contributed by atoms with van der Waals surface area (Å²) in [5, 5.41) is 19.7. The van der Waals surface area contributed by atoms with E-state index in [0.29, 0.717) is 6.61 Å². The number of aliphatic hydroxyl groups is 1. The summed E-state index contributed by atoms with van der Waals surface area (Å²) in [5.41, 5.74) is 0.782. The molecule has 0 heterocycles. The second-order valence-electron chi connectivity index (χ2n) is 4.33. The molecule has 114 valence electrons. The second kappa shape index (κ2) is 8.76. The minimum Gasteiger partial charge on any atom is -0.494 e. The van der Waals surface area contributed by atoms with Crippen molar-refractivity contribution in [2.45, 2.75) is 19.4 Å². The number of benzene rings is 1. The zero-order valence-electron chi connectivity index (χ0n) is 11.8. The van der Waals surface area contributed by atoms with Crippen LogP contribution >= 0.6 is 0 Å². The third-order valence-corrected chi connectivity index (χ3v) is 2.58. The number of ether oxygens (including phenoxy) is 1. The van der Waals surface area contributed by atoms with Crippen molar-refractivity contribution in [1.82, 2.24) is 5.32 Å². The molecule has 0 aliphatic carbocycles. The number of carboxylic acids is 1. The molecule has 0 saturated carbocycles. The molecule has 0 bridgehead atoms. The van der Waals surface area contributed by atoms with Crippen LogP contribution in [0.1, 0.15) is 18.9 Å². The van der Waals surface area contributed by atoms with Crippen LogP contribution < -0.4 is 10.1 Å². The molecule has 1 unspecified atom stereocenters. The summed E-state index contributed by atoms with van der Waals surface area (Å²) in [6, 6.07) is 5.86. The Labute approximate surface area is 123 Å². The van der Waals surface area contributed by atoms with Crippen LogP contribution in [0.2, 0.25) is 0 Å². The molecule has 0 aliphatic rings. The van der Waals surface area contributed by atoms with Crippen LogP contribution in [-0.2, 0) is 9.59 Å². The van der Waals surface area contributed by atoms with E-state index in [2.05, 4.69) is 5.32 Å². The lowest BCUT2D eigenvalue weighted by atomic mass is 10.2. The molecule has 0 spiro atoms. The first-order valence-electron chi connectivity index (χ1n) is 6.62. The standard InChI is InChI=1S/C15H19NO5/c1-2-9-21-12-6-3-11(4-7-12)5-8-14(18)16-13(10-17)15(19)20/h3-8,13,17H,2,9-10H2,1H3,(H,16,18)(H,19,20)/b8-5+. The van der Waals surface area contributed by atoms with E-state index in [1.54, 1.807) is 30.3 Å². The Bertz CT molecular complexity index is 495. The number of hydrogen-bond acceptors (Lipinski definition) is 4. The maximum absolute atomic E-state index is 11.5. The van der Waals surface area contributed by atoms with Crippen LogP contribution in [0.3, 0.4) is 0 Å². The number of hydrogen-bond donors (Lipinski definition) is 3. The molecule has 0 aromatic heterocycles. The second-order valence-corrected chi connectivity index (χ2v) is 4.33. The molecule has 0 aliphatic heterocycles. The molecule has 21 heavy (non-hydrogen) atoms. The zero-order valence-corrected chi connectivity index (χ0v) is 11.8. The Hall–Kier alpha value is -2.34. The lowest BCUT2D eigenvalue weighted by molar-refractivity contribution is -0.142. The van der Waals surface area contributed by atoms with Crippen molar-refractivity contribution < 1.29 is 24.5 Å². The number of aliphatic carboxylic acids is 1. The lowest BCUT2D eigenvalue weighted by Gasteiger charge is -2.09. The van der Waals surface area contributed by atoms with Crippen molar-refractivity contribution >= 4 is 18.0 Å². The van der Waals surface area contributed by atoms with Crippen molar-refractivity contribution in [2.75, 3.05) is 13.2 Å². The van der Waals surface area contributed by atoms with Gasteiger partial charge >= 0.3 is 5.97 Å². The number of carbonyl (C=O) groups is 2. The van der Waals surface area contributed by atoms with Crippen LogP contribution in [0.4, 0.5) is 0 Å². The molecule has 1 atom stereocenters. The molecular weight excluding hydrogens is 274 g/mol. The van der Waals surface area contributed by atoms with Gasteiger partial charge in [0.05, 0.1) is 13.2 Å². The highest BCUT2D eigenvalue weighted by molar-refractivity contribution is 5.94. The van der Waals surface area contributed by atoms with Crippen LogP contribution in [0.15, 0.2) is 30.3 Å². The minimum absolute atomic E-state index is 0.581. The number of rotatable bonds is 8. The summed E-state index contributed by atoms with van der Waals surface area (Å²) in [6.45, 7) is 2.01. The van der Waals surface area contributed by atoms with E-state index in [4.69, 9.17) is 14.9 Å². The molecule has 1 amide bonds. The molecular formula is C15H19NO5. The molecule has 1 rings (SSSR count). The van der Waals surface area contributed by atoms with E-state index in [9.17, 15) is 9.59 Å². The van der Waals surface area contributed by atoms with Crippen LogP contribution in [-0.4, -0.2) is 41.3 Å². The van der Waals surface area contributed by atoms with E-state index in [0.717, 1.165) is 17.7 Å². The molecule has 6 heteroatoms. The summed E-state index contributed by atoms with van der Waals surface area (Å²) in [5.74, 6) is -1.11. The summed E-state index contributed by atoms with van der Waals surface area (Å²) >= 11 is 0. The predicted molar refractivity (Wildman–Crippen MR) is 77.9 cm³/mol. The smallest absolute Gasteiger partial charge is 0.328 e. The summed E-state index contributed by atoms with van der Waals surface area (Å²) in [4.78, 5) is 22.2. The van der Waals surface area contributed by atoms with Crippen LogP contribution in [0.5, 0.6) is 5.75 Å². The quantitative estimate of drug-likeness (QED) is 0.623. The van der Waals surface area contributed by atoms with E-state index >= 15 is 0 Å². The van der Waals surface area contributed by atoms with Gasteiger partial charge in [0.1, 0.15) is 5.75 Å². The average Bonchev–Trinajstić information content (AvgIpc) is 2.49. The highest BCUT2D eigenvalue weighted by Gasteiger charge is 2.16. The van der Waals surface area contributed by atoms with Crippen molar-refractivity contribution in [3.05, 3.63) is 35.9 Å². The van der Waals surface area contributed by atoms with Gasteiger partial charge < -0.3 is 20.3 Å². The van der Waals surface area contributed by atoms with Crippen molar-refractivity contribution in [1.29, 1.82) is 0 Å². The van der Waals surface area contributed by atoms with Gasteiger partial charge in [-0.3, -0.25) is 4.79 Å². The monoisotopic (exact) mass is 293 g/mol. The van der Waals surface area contributed by atoms with E-state index < -0.39 is 24.5 Å². The highest BCUT2D eigenvalue weighted by Crippen LogP contribution is 2.13. The maximum Gasteiger partial charge on any atom is 0.328 e. The molecule has 1 aromatic rings. The van der Waals surface area contributed by atoms with Gasteiger partial charge in [-0.2, -0.15) is 0 Å². The van der Waals surface area contributed by atoms with Gasteiger partial charge in [0.15, 0.2) is 6.04 Å². The van der Waals surface area contributed by atoms with E-state index in [1.807, 2.05) is 6.92 Å². The fraction of sp³-hybridized carbons (Fsp3) is 0.333. The van der Waals surface area contributed by atoms with Crippen molar-refractivity contribution in [3.63, 3.8) is 0 Å². The van der Waals surface area contributed by atoms with Gasteiger partial charge in [0.25, 0.3) is 0 Å². The van der Waals surface area contributed by atoms with Crippen molar-refractivity contribution in [2.24, 2.45) is 0 Å². The first-order valence-corrected chi connectivity index (χ1v) is 6.62. The molecule has 1 aromatic carbocycles. The number of nitrogens with one attached hydrogen (secondary N) is 1. The average molecular weight is 293 g/mol. The van der Waals surface area contributed by atoms with Gasteiger partial charge in [0.2, 0.25) is 5.91 Å². The Balaban J connectivity index is 2.55. The third kappa shape index (κ3) is 6.09. The predicted octanol–water partition coefficient (Wildman–Crippen LogP) is 1.05. The Morgan fingerprint density at radius 1 is 1.33 bits per heavy atom. The molecule has 0 radical (unpaired) electrons. The zero-order chi connectivity index (χ0) is 15.7. The first-order chi connectivity index (χ1) is 10.1. The molecule has 6 nitrogen and oxygen atoms in total. The SMILES string of the molecule is CCCOc1ccc(/C=C/C(=O)NC(CO)C(=O)O)cc1. The normalized spacial score (nSPS) is 12.1. The summed E-state index contributed by atoms with van der Waals surface area (Å²) in [7, 11) is 0. The summed E-state index contributed by atoms with van der Waals surface area (Å²) in [6.07, 6.45) is 3.69. The Kier molecular flexibility index (Phi) is 6.97. The topological polar surface area (TPSA) is 95.9 Å². The maximum atomic E-state index is 11.5. The van der Waals surface area contributed by atoms with Crippen LogP contribution in [0.25, 0.3) is 6.08 Å². The number of aliphatic hydroxyl groups excluding tert-OH is 1. The van der Waals surface area contributed by atoms with E-state index in [1.165, 1.54) is 6.08 Å². The van der Waals surface area contributed by atoms with Crippen molar-refractivity contribution in [3.8, 4) is 5.75 Å².